The highest BCUT2D eigenvalue weighted by Crippen LogP contribution is 2.17. The molecule has 9 N–H and O–H groups in total. The lowest BCUT2D eigenvalue weighted by atomic mass is 10.2. The van der Waals surface area contributed by atoms with Crippen molar-refractivity contribution in [3.8, 4) is 0 Å². The Kier molecular flexibility index (Phi) is 20.6. The minimum absolute atomic E-state index is 0.0116. The average molecular weight is 1060 g/mol. The molecule has 0 unspecified atom stereocenters. The number of aryl methyl sites for hydroxylation is 5. The highest BCUT2D eigenvalue weighted by Gasteiger charge is 2.22. The summed E-state index contributed by atoms with van der Waals surface area (Å²) in [7, 11) is 10.0. The van der Waals surface area contributed by atoms with E-state index in [9.17, 15) is 43.2 Å². The number of nitrogens with one attached hydrogen (secondary N) is 9. The Balaban J connectivity index is 0.954. The molecule has 0 aliphatic heterocycles. The number of hydrogen-bond acceptors (Lipinski definition) is 14. The molecule has 5 aromatic heterocycles. The van der Waals surface area contributed by atoms with Gasteiger partial charge in [-0.1, -0.05) is 0 Å². The van der Waals surface area contributed by atoms with Gasteiger partial charge in [0.25, 0.3) is 29.5 Å². The van der Waals surface area contributed by atoms with Crippen LogP contribution >= 0.6 is 0 Å². The summed E-state index contributed by atoms with van der Waals surface area (Å²) in [6, 6.07) is 2.94. The number of ether oxygens (including phenoxy) is 1. The highest BCUT2D eigenvalue weighted by molar-refractivity contribution is 6.04. The van der Waals surface area contributed by atoms with Crippen LogP contribution in [0.25, 0.3) is 0 Å². The second kappa shape index (κ2) is 26.9. The molecule has 0 spiro atoms. The van der Waals surface area contributed by atoms with Crippen LogP contribution in [0, 0.1) is 0 Å². The van der Waals surface area contributed by atoms with E-state index in [1.807, 2.05) is 7.05 Å². The predicted octanol–water partition coefficient (Wildman–Crippen LogP) is 1.06. The van der Waals surface area contributed by atoms with Gasteiger partial charge in [-0.25, -0.2) is 19.7 Å². The lowest BCUT2D eigenvalue weighted by molar-refractivity contribution is -0.121. The summed E-state index contributed by atoms with van der Waals surface area (Å²) in [4.78, 5) is 129. The van der Waals surface area contributed by atoms with Crippen LogP contribution in [0.4, 0.5) is 27.8 Å². The van der Waals surface area contributed by atoms with E-state index in [-0.39, 0.29) is 91.0 Å². The van der Waals surface area contributed by atoms with Crippen molar-refractivity contribution in [3.63, 3.8) is 0 Å². The van der Waals surface area contributed by atoms with E-state index >= 15 is 0 Å². The van der Waals surface area contributed by atoms with E-state index < -0.39 is 53.0 Å². The second-order valence-electron chi connectivity index (χ2n) is 18.7. The number of aromatic nitrogens is 8. The molecule has 0 radical (unpaired) electrons. The maximum atomic E-state index is 13.2. The topological polar surface area (TPSA) is 338 Å². The molecule has 28 heteroatoms. The van der Waals surface area contributed by atoms with Gasteiger partial charge in [-0.2, -0.15) is 0 Å². The standard InChI is InChI=1S/C48H68N18O10/c1-48(2,3)76-47(75)54-16-11-22-61(4)21-10-15-49-36(67)12-17-53-44(72)40-59-34(28-65(40)8)57-37(68)13-18-52-43(71)33-25-31(27-64(33)7)56-46(74)41-60-35(29-66(41)9)58-38(69)14-19-51-42(70)32-24-30(26-63(32)6)55-45(73)39-50-20-23-62(39)5/h20,23-29H,10-19,21-22H2,1-9H3,(H,49,67)(H,51,70)(H,52,71)(H,53,72)(H,54,75)(H,55,73)(H,56,74)(H,57,68)(H,58,69). The number of imidazole rings is 3. The molecular formula is C48H68N18O10. The number of nitrogens with zero attached hydrogens (tertiary/aromatic N) is 9. The summed E-state index contributed by atoms with van der Waals surface area (Å²) in [5.41, 5.74) is 0.533. The van der Waals surface area contributed by atoms with Crippen LogP contribution in [0.15, 0.2) is 49.3 Å². The van der Waals surface area contributed by atoms with Crippen LogP contribution in [0.5, 0.6) is 0 Å². The van der Waals surface area contributed by atoms with Crippen molar-refractivity contribution in [1.82, 2.24) is 69.3 Å². The lowest BCUT2D eigenvalue weighted by Crippen LogP contribution is -2.34. The Hall–Kier alpha value is -8.82. The van der Waals surface area contributed by atoms with E-state index in [1.165, 1.54) is 55.2 Å². The smallest absolute Gasteiger partial charge is 0.407 e. The minimum atomic E-state index is -0.632. The van der Waals surface area contributed by atoms with Gasteiger partial charge in [-0.3, -0.25) is 38.4 Å². The predicted molar refractivity (Wildman–Crippen MR) is 278 cm³/mol. The molecule has 9 amide bonds. The monoisotopic (exact) mass is 1060 g/mol. The molecule has 28 nitrogen and oxygen atoms in total. The van der Waals surface area contributed by atoms with Gasteiger partial charge >= 0.3 is 6.09 Å². The van der Waals surface area contributed by atoms with Crippen LogP contribution in [-0.4, -0.2) is 155 Å². The maximum Gasteiger partial charge on any atom is 0.407 e. The first kappa shape index (κ1) is 58.1. The van der Waals surface area contributed by atoms with E-state index in [2.05, 4.69) is 67.7 Å². The van der Waals surface area contributed by atoms with Gasteiger partial charge in [0, 0.05) is 124 Å². The third-order valence-electron chi connectivity index (χ3n) is 11.0. The van der Waals surface area contributed by atoms with Crippen LogP contribution in [0.2, 0.25) is 0 Å². The summed E-state index contributed by atoms with van der Waals surface area (Å²) in [5, 5.41) is 24.1. The largest absolute Gasteiger partial charge is 0.444 e. The fourth-order valence-electron chi connectivity index (χ4n) is 7.32. The number of anilines is 4. The van der Waals surface area contributed by atoms with Gasteiger partial charge in [0.2, 0.25) is 29.4 Å². The van der Waals surface area contributed by atoms with Gasteiger partial charge in [-0.15, -0.1) is 0 Å². The molecule has 0 fully saturated rings. The van der Waals surface area contributed by atoms with Gasteiger partial charge in [-0.05, 0) is 65.9 Å². The molecule has 0 aliphatic carbocycles. The summed E-state index contributed by atoms with van der Waals surface area (Å²) in [5.74, 6) is -3.43. The third kappa shape index (κ3) is 18.0. The van der Waals surface area contributed by atoms with Crippen LogP contribution in [-0.2, 0) is 54.4 Å². The molecule has 0 atom stereocenters. The molecule has 5 rings (SSSR count). The van der Waals surface area contributed by atoms with Crippen LogP contribution in [0.3, 0.4) is 0 Å². The zero-order chi connectivity index (χ0) is 55.7. The number of carbonyl (C=O) groups excluding carboxylic acids is 9. The molecule has 76 heavy (non-hydrogen) atoms. The normalized spacial score (nSPS) is 11.1. The second-order valence-corrected chi connectivity index (χ2v) is 18.7. The molecule has 0 aliphatic rings. The quantitative estimate of drug-likeness (QED) is 0.0350. The van der Waals surface area contributed by atoms with Crippen molar-refractivity contribution in [3.05, 3.63) is 78.2 Å². The Labute approximate surface area is 438 Å². The molecule has 410 valence electrons. The number of carbonyl (C=O) groups is 9. The van der Waals surface area contributed by atoms with Crippen LogP contribution in [0.1, 0.15) is 106 Å². The zero-order valence-electron chi connectivity index (χ0n) is 44.2. The lowest BCUT2D eigenvalue weighted by Gasteiger charge is -2.20. The van der Waals surface area contributed by atoms with E-state index in [4.69, 9.17) is 4.74 Å². The number of hydrogen-bond donors (Lipinski definition) is 9. The van der Waals surface area contributed by atoms with Gasteiger partial charge in [0.05, 0.1) is 11.4 Å². The molecule has 0 saturated carbocycles. The maximum absolute atomic E-state index is 13.2. The fraction of sp³-hybridized carbons (Fsp3) is 0.458. The summed E-state index contributed by atoms with van der Waals surface area (Å²) in [6.07, 6.45) is 9.94. The zero-order valence-corrected chi connectivity index (χ0v) is 44.2. The molecule has 0 aromatic carbocycles. The van der Waals surface area contributed by atoms with Crippen molar-refractivity contribution in [2.45, 2.75) is 58.5 Å². The summed E-state index contributed by atoms with van der Waals surface area (Å²) < 4.78 is 12.6. The first-order valence-electron chi connectivity index (χ1n) is 24.3. The van der Waals surface area contributed by atoms with Gasteiger partial charge in [0.1, 0.15) is 17.0 Å². The van der Waals surface area contributed by atoms with E-state index in [0.717, 1.165) is 19.5 Å². The fourth-order valence-corrected chi connectivity index (χ4v) is 7.32. The number of rotatable bonds is 26. The Morgan fingerprint density at radius 1 is 0.513 bits per heavy atom. The first-order valence-corrected chi connectivity index (χ1v) is 24.3. The van der Waals surface area contributed by atoms with Crippen molar-refractivity contribution in [1.29, 1.82) is 0 Å². The van der Waals surface area contributed by atoms with Crippen molar-refractivity contribution in [2.75, 3.05) is 74.1 Å². The highest BCUT2D eigenvalue weighted by atomic mass is 16.6. The molecular weight excluding hydrogens is 989 g/mol. The van der Waals surface area contributed by atoms with Crippen molar-refractivity contribution < 1.29 is 47.9 Å². The Morgan fingerprint density at radius 2 is 0.961 bits per heavy atom. The summed E-state index contributed by atoms with van der Waals surface area (Å²) in [6.45, 7) is 7.85. The van der Waals surface area contributed by atoms with E-state index in [0.29, 0.717) is 25.2 Å². The number of amides is 9. The summed E-state index contributed by atoms with van der Waals surface area (Å²) >= 11 is 0. The van der Waals surface area contributed by atoms with Gasteiger partial charge in [0.15, 0.2) is 17.5 Å². The van der Waals surface area contributed by atoms with Crippen molar-refractivity contribution >= 4 is 76.4 Å². The minimum Gasteiger partial charge on any atom is -0.444 e. The van der Waals surface area contributed by atoms with Gasteiger partial charge < -0.3 is 80.3 Å². The van der Waals surface area contributed by atoms with Crippen LogP contribution < -0.4 is 47.9 Å². The van der Waals surface area contributed by atoms with E-state index in [1.54, 1.807) is 73.0 Å². The molecule has 5 aromatic rings. The third-order valence-corrected chi connectivity index (χ3v) is 11.0. The van der Waals surface area contributed by atoms with Crippen molar-refractivity contribution in [2.24, 2.45) is 35.2 Å². The SMILES string of the molecule is CN(CCCNC(=O)CCNC(=O)c1nc(NC(=O)CCNC(=O)c2cc(NC(=O)c3nc(NC(=O)CCNC(=O)c4cc(NC(=O)c5nccn5C)cn4C)cn3C)cn2C)cn1C)CCCNC(=O)OC(C)(C)C. The number of alkyl carbamates (subject to hydrolysis) is 1. The Morgan fingerprint density at radius 3 is 1.43 bits per heavy atom. The average Bonchev–Trinajstić information content (AvgIpc) is 4.18. The Bertz CT molecular complexity index is 2900. The molecule has 5 heterocycles. The first-order chi connectivity index (χ1) is 36.0. The molecule has 0 bridgehead atoms. The molecule has 0 saturated heterocycles.